The number of benzene rings is 1. The number of hydrogen-bond acceptors (Lipinski definition) is 5. The molecule has 4 rings (SSSR count). The topological polar surface area (TPSA) is 96.4 Å². The van der Waals surface area contributed by atoms with E-state index in [1.807, 2.05) is 24.6 Å². The molecule has 1 aromatic heterocycles. The van der Waals surface area contributed by atoms with Crippen LogP contribution in [0.25, 0.3) is 0 Å². The number of carbonyl (C=O) groups excluding carboxylic acids is 1. The molecule has 8 heteroatoms. The molecule has 2 aromatic rings. The number of fused-ring (bicyclic) bond motifs is 1. The van der Waals surface area contributed by atoms with Gasteiger partial charge in [-0.2, -0.15) is 0 Å². The second-order valence-corrected chi connectivity index (χ2v) is 8.76. The van der Waals surface area contributed by atoms with Crippen LogP contribution in [0, 0.1) is 0 Å². The van der Waals surface area contributed by atoms with Gasteiger partial charge in [-0.3, -0.25) is 19.4 Å². The van der Waals surface area contributed by atoms with Gasteiger partial charge in [0.25, 0.3) is 5.56 Å². The standard InChI is InChI=1S/C19H23N3O4S/c1-19(2)9-12(6-7-26-19)22-17-15(18(25)21-22)16(27-10-14(24)20-17)11-4-3-5-13(23)8-11/h3-5,8,12,16,23H,6-7,9-10H2,1-2H3,(H,20,24)(H,21,25)/t12-,16+/m1/s1. The predicted molar refractivity (Wildman–Crippen MR) is 104 cm³/mol. The van der Waals surface area contributed by atoms with Crippen molar-refractivity contribution in [2.75, 3.05) is 17.7 Å². The highest BCUT2D eigenvalue weighted by atomic mass is 32.2. The number of carbonyl (C=O) groups is 1. The molecule has 0 bridgehead atoms. The zero-order valence-electron chi connectivity index (χ0n) is 15.3. The van der Waals surface area contributed by atoms with Gasteiger partial charge in [-0.25, -0.2) is 0 Å². The number of aromatic nitrogens is 2. The largest absolute Gasteiger partial charge is 0.508 e. The van der Waals surface area contributed by atoms with Crippen molar-refractivity contribution in [3.8, 4) is 5.75 Å². The summed E-state index contributed by atoms with van der Waals surface area (Å²) in [6.07, 6.45) is 1.50. The van der Waals surface area contributed by atoms with E-state index in [0.717, 1.165) is 18.4 Å². The van der Waals surface area contributed by atoms with Gasteiger partial charge >= 0.3 is 0 Å². The summed E-state index contributed by atoms with van der Waals surface area (Å²) in [7, 11) is 0. The number of amides is 1. The Balaban J connectivity index is 1.81. The van der Waals surface area contributed by atoms with Crippen molar-refractivity contribution in [2.45, 2.75) is 43.6 Å². The van der Waals surface area contributed by atoms with Crippen LogP contribution in [-0.4, -0.2) is 38.8 Å². The zero-order chi connectivity index (χ0) is 19.2. The van der Waals surface area contributed by atoms with Crippen LogP contribution in [0.2, 0.25) is 0 Å². The molecule has 0 spiro atoms. The summed E-state index contributed by atoms with van der Waals surface area (Å²) in [5, 5.41) is 15.4. The first-order valence-electron chi connectivity index (χ1n) is 9.03. The first kappa shape index (κ1) is 18.2. The second-order valence-electron chi connectivity index (χ2n) is 7.66. The summed E-state index contributed by atoms with van der Waals surface area (Å²) >= 11 is 1.39. The van der Waals surface area contributed by atoms with Crippen molar-refractivity contribution in [3.05, 3.63) is 45.7 Å². The third kappa shape index (κ3) is 3.51. The Labute approximate surface area is 161 Å². The molecular weight excluding hydrogens is 366 g/mol. The molecule has 1 saturated heterocycles. The molecule has 144 valence electrons. The molecule has 1 aromatic carbocycles. The lowest BCUT2D eigenvalue weighted by Crippen LogP contribution is -2.36. The smallest absolute Gasteiger partial charge is 0.270 e. The Morgan fingerprint density at radius 2 is 2.15 bits per heavy atom. The van der Waals surface area contributed by atoms with E-state index >= 15 is 0 Å². The number of hydrogen-bond donors (Lipinski definition) is 3. The van der Waals surface area contributed by atoms with Crippen LogP contribution < -0.4 is 10.9 Å². The summed E-state index contributed by atoms with van der Waals surface area (Å²) in [4.78, 5) is 25.2. The maximum absolute atomic E-state index is 12.9. The van der Waals surface area contributed by atoms with Gasteiger partial charge in [0, 0.05) is 6.61 Å². The zero-order valence-corrected chi connectivity index (χ0v) is 16.1. The van der Waals surface area contributed by atoms with Crippen molar-refractivity contribution in [1.82, 2.24) is 9.78 Å². The number of thioether (sulfide) groups is 1. The van der Waals surface area contributed by atoms with Gasteiger partial charge in [0.1, 0.15) is 11.6 Å². The van der Waals surface area contributed by atoms with Crippen LogP contribution in [0.5, 0.6) is 5.75 Å². The number of anilines is 1. The molecule has 2 atom stereocenters. The van der Waals surface area contributed by atoms with Crippen LogP contribution in [-0.2, 0) is 9.53 Å². The van der Waals surface area contributed by atoms with E-state index in [9.17, 15) is 14.7 Å². The number of rotatable bonds is 2. The van der Waals surface area contributed by atoms with Crippen LogP contribution in [0.4, 0.5) is 5.82 Å². The lowest BCUT2D eigenvalue weighted by atomic mass is 9.94. The van der Waals surface area contributed by atoms with E-state index in [4.69, 9.17) is 4.74 Å². The molecule has 0 saturated carbocycles. The van der Waals surface area contributed by atoms with Gasteiger partial charge in [-0.15, -0.1) is 11.8 Å². The molecule has 2 aliphatic rings. The maximum Gasteiger partial charge on any atom is 0.270 e. The molecule has 3 heterocycles. The normalized spacial score (nSPS) is 24.7. The minimum absolute atomic E-state index is 0.0402. The Kier molecular flexibility index (Phi) is 4.55. The van der Waals surface area contributed by atoms with Crippen molar-refractivity contribution in [3.63, 3.8) is 0 Å². The van der Waals surface area contributed by atoms with E-state index in [1.54, 1.807) is 18.2 Å². The summed E-state index contributed by atoms with van der Waals surface area (Å²) in [6, 6.07) is 6.89. The van der Waals surface area contributed by atoms with Crippen LogP contribution in [0.15, 0.2) is 29.1 Å². The van der Waals surface area contributed by atoms with E-state index < -0.39 is 0 Å². The fourth-order valence-electron chi connectivity index (χ4n) is 3.89. The van der Waals surface area contributed by atoms with Crippen LogP contribution in [0.3, 0.4) is 0 Å². The van der Waals surface area contributed by atoms with Crippen LogP contribution >= 0.6 is 11.8 Å². The predicted octanol–water partition coefficient (Wildman–Crippen LogP) is 2.79. The Bertz CT molecular complexity index is 933. The third-order valence-electron chi connectivity index (χ3n) is 5.07. The number of nitrogens with zero attached hydrogens (tertiary/aromatic N) is 1. The van der Waals surface area contributed by atoms with Crippen molar-refractivity contribution < 1.29 is 14.6 Å². The molecule has 0 radical (unpaired) electrons. The Morgan fingerprint density at radius 3 is 2.89 bits per heavy atom. The fourth-order valence-corrected chi connectivity index (χ4v) is 5.00. The third-order valence-corrected chi connectivity index (χ3v) is 6.34. The SMILES string of the molecule is CC1(C)C[C@H](n2[nH]c(=O)c3c2NC(=O)CS[C@H]3c2cccc(O)c2)CCO1. The Hall–Kier alpha value is -2.19. The van der Waals surface area contributed by atoms with Crippen LogP contribution in [0.1, 0.15) is 49.1 Å². The highest BCUT2D eigenvalue weighted by molar-refractivity contribution is 8.00. The molecule has 0 aliphatic carbocycles. The molecule has 1 fully saturated rings. The number of aromatic amines is 1. The molecule has 7 nitrogen and oxygen atoms in total. The molecule has 1 amide bonds. The van der Waals surface area contributed by atoms with Crippen molar-refractivity contribution >= 4 is 23.5 Å². The average Bonchev–Trinajstić information content (AvgIpc) is 2.80. The number of phenols is 1. The summed E-state index contributed by atoms with van der Waals surface area (Å²) in [5.41, 5.74) is 0.830. The van der Waals surface area contributed by atoms with Crippen molar-refractivity contribution in [2.24, 2.45) is 0 Å². The molecule has 2 aliphatic heterocycles. The van der Waals surface area contributed by atoms with Gasteiger partial charge < -0.3 is 15.2 Å². The number of ether oxygens (including phenoxy) is 1. The molecule has 0 unspecified atom stereocenters. The molecule has 27 heavy (non-hydrogen) atoms. The first-order chi connectivity index (χ1) is 12.8. The van der Waals surface area contributed by atoms with E-state index in [0.29, 0.717) is 18.0 Å². The highest BCUT2D eigenvalue weighted by Crippen LogP contribution is 2.42. The van der Waals surface area contributed by atoms with Gasteiger partial charge in [-0.1, -0.05) is 12.1 Å². The first-order valence-corrected chi connectivity index (χ1v) is 10.1. The average molecular weight is 389 g/mol. The molecular formula is C19H23N3O4S. The summed E-state index contributed by atoms with van der Waals surface area (Å²) in [6.45, 7) is 4.66. The minimum Gasteiger partial charge on any atom is -0.508 e. The highest BCUT2D eigenvalue weighted by Gasteiger charge is 2.36. The summed E-state index contributed by atoms with van der Waals surface area (Å²) < 4.78 is 7.60. The fraction of sp³-hybridized carbons (Fsp3) is 0.474. The Morgan fingerprint density at radius 1 is 1.33 bits per heavy atom. The number of nitrogens with one attached hydrogen (secondary N) is 2. The van der Waals surface area contributed by atoms with Crippen molar-refractivity contribution in [1.29, 1.82) is 0 Å². The number of phenolic OH excluding ortho intramolecular Hbond substituents is 1. The lowest BCUT2D eigenvalue weighted by Gasteiger charge is -2.36. The van der Waals surface area contributed by atoms with E-state index in [2.05, 4.69) is 10.4 Å². The number of aromatic hydroxyl groups is 1. The minimum atomic E-state index is -0.330. The van der Waals surface area contributed by atoms with E-state index in [-0.39, 0.29) is 39.9 Å². The monoisotopic (exact) mass is 389 g/mol. The number of H-pyrrole nitrogens is 1. The van der Waals surface area contributed by atoms with E-state index in [1.165, 1.54) is 11.8 Å². The quantitative estimate of drug-likeness (QED) is 0.734. The maximum atomic E-state index is 12.9. The van der Waals surface area contributed by atoms with Gasteiger partial charge in [-0.05, 0) is 44.4 Å². The second kappa shape index (κ2) is 6.76. The van der Waals surface area contributed by atoms with Gasteiger partial charge in [0.2, 0.25) is 5.91 Å². The summed E-state index contributed by atoms with van der Waals surface area (Å²) in [5.74, 6) is 0.780. The van der Waals surface area contributed by atoms with Gasteiger partial charge in [0.15, 0.2) is 0 Å². The van der Waals surface area contributed by atoms with Gasteiger partial charge in [0.05, 0.1) is 28.2 Å². The lowest BCUT2D eigenvalue weighted by molar-refractivity contribution is -0.113. The molecule has 3 N–H and O–H groups in total.